The molecule has 1 amide bonds. The van der Waals surface area contributed by atoms with E-state index in [2.05, 4.69) is 25.5 Å². The van der Waals surface area contributed by atoms with Crippen LogP contribution in [-0.2, 0) is 18.8 Å². The van der Waals surface area contributed by atoms with Crippen molar-refractivity contribution in [1.82, 2.24) is 29.5 Å². The van der Waals surface area contributed by atoms with Crippen LogP contribution >= 0.6 is 0 Å². The second-order valence-electron chi connectivity index (χ2n) is 11.9. The number of aromatic nitrogens is 6. The van der Waals surface area contributed by atoms with Crippen molar-refractivity contribution in [2.24, 2.45) is 14.1 Å². The number of amides is 1. The monoisotopic (exact) mass is 671 g/mol. The minimum Gasteiger partial charge on any atom is -0.474 e. The molecule has 0 radical (unpaired) electrons. The normalized spacial score (nSPS) is 13.7. The van der Waals surface area contributed by atoms with Gasteiger partial charge in [-0.1, -0.05) is 6.07 Å². The lowest BCUT2D eigenvalue weighted by atomic mass is 10.1. The summed E-state index contributed by atoms with van der Waals surface area (Å²) >= 11 is 0. The Morgan fingerprint density at radius 3 is 1.69 bits per heavy atom. The van der Waals surface area contributed by atoms with Crippen LogP contribution in [0, 0.1) is 25.5 Å². The van der Waals surface area contributed by atoms with Crippen LogP contribution in [0.5, 0.6) is 11.8 Å². The number of nitrogens with one attached hydrogen (secondary N) is 1. The van der Waals surface area contributed by atoms with Crippen molar-refractivity contribution in [3.05, 3.63) is 89.0 Å². The third-order valence-electron chi connectivity index (χ3n) is 7.93. The largest absolute Gasteiger partial charge is 0.474 e. The van der Waals surface area contributed by atoms with E-state index >= 15 is 0 Å². The Morgan fingerprint density at radius 2 is 1.24 bits per heavy atom. The lowest BCUT2D eigenvalue weighted by Gasteiger charge is -2.08. The Balaban J connectivity index is 0.000000177. The van der Waals surface area contributed by atoms with Crippen molar-refractivity contribution in [3.8, 4) is 34.3 Å². The molecule has 254 valence electrons. The molecule has 5 aromatic rings. The fourth-order valence-electron chi connectivity index (χ4n) is 4.99. The summed E-state index contributed by atoms with van der Waals surface area (Å²) in [5, 5.41) is 10.6. The van der Waals surface area contributed by atoms with Crippen LogP contribution in [0.1, 0.15) is 57.8 Å². The topological polar surface area (TPSA) is 135 Å². The zero-order valence-corrected chi connectivity index (χ0v) is 27.7. The summed E-state index contributed by atoms with van der Waals surface area (Å²) < 4.78 is 46.8. The lowest BCUT2D eigenvalue weighted by molar-refractivity contribution is 0.0593. The van der Waals surface area contributed by atoms with Crippen LogP contribution in [0.4, 0.5) is 14.5 Å². The van der Waals surface area contributed by atoms with Gasteiger partial charge in [0.2, 0.25) is 11.8 Å². The number of hydrogen-bond donors (Lipinski definition) is 1. The van der Waals surface area contributed by atoms with E-state index in [1.54, 1.807) is 43.3 Å². The zero-order chi connectivity index (χ0) is 34.8. The van der Waals surface area contributed by atoms with E-state index < -0.39 is 29.2 Å². The molecular weight excluding hydrogens is 636 g/mol. The SMILES string of the molecule is COC(=O)c1cc(-c2cnc(OC3CC3)cc2C)n(C)n1.Cc1cc(OC2CC2)ncc1-c1cc(C(=O)Nc2c(F)cccc2F)nn1C. The highest BCUT2D eigenvalue weighted by molar-refractivity contribution is 6.03. The maximum Gasteiger partial charge on any atom is 0.358 e. The number of carbonyl (C=O) groups excluding carboxylic acids is 2. The van der Waals surface area contributed by atoms with Gasteiger partial charge < -0.3 is 19.5 Å². The number of carbonyl (C=O) groups is 2. The number of esters is 1. The fourth-order valence-corrected chi connectivity index (χ4v) is 4.99. The maximum atomic E-state index is 13.8. The van der Waals surface area contributed by atoms with Crippen molar-refractivity contribution < 1.29 is 32.6 Å². The van der Waals surface area contributed by atoms with Gasteiger partial charge in [-0.2, -0.15) is 10.2 Å². The van der Waals surface area contributed by atoms with E-state index in [0.29, 0.717) is 23.6 Å². The Bertz CT molecular complexity index is 2010. The highest BCUT2D eigenvalue weighted by atomic mass is 19.1. The smallest absolute Gasteiger partial charge is 0.358 e. The van der Waals surface area contributed by atoms with Gasteiger partial charge >= 0.3 is 5.97 Å². The molecule has 12 nitrogen and oxygen atoms in total. The first-order valence-electron chi connectivity index (χ1n) is 15.7. The van der Waals surface area contributed by atoms with Crippen LogP contribution in [0.3, 0.4) is 0 Å². The van der Waals surface area contributed by atoms with Gasteiger partial charge in [0.15, 0.2) is 11.4 Å². The van der Waals surface area contributed by atoms with Gasteiger partial charge in [0.1, 0.15) is 29.5 Å². The molecule has 49 heavy (non-hydrogen) atoms. The summed E-state index contributed by atoms with van der Waals surface area (Å²) in [6, 6.07) is 10.4. The number of pyridine rings is 2. The number of ether oxygens (including phenoxy) is 3. The predicted octanol–water partition coefficient (Wildman–Crippen LogP) is 5.98. The highest BCUT2D eigenvalue weighted by Crippen LogP contribution is 2.31. The van der Waals surface area contributed by atoms with Crippen molar-refractivity contribution in [1.29, 1.82) is 0 Å². The van der Waals surface area contributed by atoms with Crippen LogP contribution in [0.25, 0.3) is 22.5 Å². The van der Waals surface area contributed by atoms with E-state index in [1.807, 2.05) is 26.0 Å². The second-order valence-corrected chi connectivity index (χ2v) is 11.9. The molecule has 0 bridgehead atoms. The molecule has 14 heteroatoms. The van der Waals surface area contributed by atoms with Crippen molar-refractivity contribution in [2.45, 2.75) is 51.7 Å². The molecule has 7 rings (SSSR count). The van der Waals surface area contributed by atoms with Crippen molar-refractivity contribution >= 4 is 17.6 Å². The average Bonchev–Trinajstić information content (AvgIpc) is 3.99. The number of aryl methyl sites for hydroxylation is 4. The second kappa shape index (κ2) is 13.8. The van der Waals surface area contributed by atoms with Gasteiger partial charge in [0, 0.05) is 49.7 Å². The van der Waals surface area contributed by atoms with E-state index in [-0.39, 0.29) is 17.5 Å². The number of halogens is 2. The molecular formula is C35H35F2N7O5. The van der Waals surface area contributed by atoms with E-state index in [9.17, 15) is 18.4 Å². The van der Waals surface area contributed by atoms with E-state index in [0.717, 1.165) is 65.8 Å². The molecule has 2 aliphatic carbocycles. The number of para-hydroxylation sites is 1. The van der Waals surface area contributed by atoms with E-state index in [4.69, 9.17) is 14.2 Å². The molecule has 1 aromatic carbocycles. The van der Waals surface area contributed by atoms with E-state index in [1.165, 1.54) is 17.9 Å². The van der Waals surface area contributed by atoms with Crippen molar-refractivity contribution in [3.63, 3.8) is 0 Å². The van der Waals surface area contributed by atoms with Crippen LogP contribution < -0.4 is 14.8 Å². The summed E-state index contributed by atoms with van der Waals surface area (Å²) in [7, 11) is 4.81. The molecule has 2 fully saturated rings. The fraction of sp³-hybridized carbons (Fsp3) is 0.314. The predicted molar refractivity (Wildman–Crippen MR) is 175 cm³/mol. The highest BCUT2D eigenvalue weighted by Gasteiger charge is 2.26. The summed E-state index contributed by atoms with van der Waals surface area (Å²) in [5.41, 5.74) is 4.95. The molecule has 4 heterocycles. The third kappa shape index (κ3) is 7.74. The van der Waals surface area contributed by atoms with Gasteiger partial charge in [-0.15, -0.1) is 0 Å². The summed E-state index contributed by atoms with van der Waals surface area (Å²) in [6.07, 6.45) is 8.30. The van der Waals surface area contributed by atoms with Crippen LogP contribution in [0.15, 0.2) is 54.9 Å². The molecule has 4 aromatic heterocycles. The van der Waals surface area contributed by atoms with Crippen molar-refractivity contribution in [2.75, 3.05) is 12.4 Å². The quantitative estimate of drug-likeness (QED) is 0.188. The first kappa shape index (κ1) is 33.2. The molecule has 2 saturated carbocycles. The Hall–Kier alpha value is -5.66. The molecule has 0 unspecified atom stereocenters. The van der Waals surface area contributed by atoms with Crippen LogP contribution in [-0.4, -0.2) is 60.7 Å². The Labute approximate surface area is 281 Å². The Kier molecular flexibility index (Phi) is 9.38. The minimum absolute atomic E-state index is 0.0397. The lowest BCUT2D eigenvalue weighted by Crippen LogP contribution is -2.15. The van der Waals surface area contributed by atoms with Gasteiger partial charge in [-0.05, 0) is 74.9 Å². The first-order valence-corrected chi connectivity index (χ1v) is 15.7. The summed E-state index contributed by atoms with van der Waals surface area (Å²) in [6.45, 7) is 3.90. The zero-order valence-electron chi connectivity index (χ0n) is 27.7. The number of hydrogen-bond acceptors (Lipinski definition) is 9. The van der Waals surface area contributed by atoms with Gasteiger partial charge in [0.25, 0.3) is 5.91 Å². The minimum atomic E-state index is -0.851. The van der Waals surface area contributed by atoms with Gasteiger partial charge in [-0.25, -0.2) is 23.5 Å². The average molecular weight is 672 g/mol. The molecule has 1 N–H and O–H groups in total. The molecule has 0 saturated heterocycles. The number of rotatable bonds is 9. The summed E-state index contributed by atoms with van der Waals surface area (Å²) in [4.78, 5) is 32.6. The number of benzene rings is 1. The number of nitrogens with zero attached hydrogens (tertiary/aromatic N) is 6. The molecule has 0 spiro atoms. The third-order valence-corrected chi connectivity index (χ3v) is 7.93. The Morgan fingerprint density at radius 1 is 0.776 bits per heavy atom. The molecule has 2 aliphatic rings. The first-order chi connectivity index (χ1) is 23.5. The van der Waals surface area contributed by atoms with Gasteiger partial charge in [-0.3, -0.25) is 14.2 Å². The number of methoxy groups -OCH3 is 1. The van der Waals surface area contributed by atoms with Crippen LogP contribution in [0.2, 0.25) is 0 Å². The number of anilines is 1. The molecule has 0 aliphatic heterocycles. The maximum absolute atomic E-state index is 13.8. The summed E-state index contributed by atoms with van der Waals surface area (Å²) in [5.74, 6) is -1.64. The van der Waals surface area contributed by atoms with Gasteiger partial charge in [0.05, 0.1) is 18.5 Å². The molecule has 0 atom stereocenters. The standard InChI is InChI=1S/C20H18F2N4O2.C15H17N3O3/c1-11-8-18(28-12-6-7-12)23-10-13(11)17-9-16(25-26(17)2)20(27)24-19-14(21)4-3-5-15(19)22;1-9-6-14(21-10-4-5-10)16-8-11(9)13-7-12(15(19)20-3)17-18(13)2/h3-5,8-10,12H,6-7H2,1-2H3,(H,24,27);6-8,10H,4-5H2,1-3H3.